The highest BCUT2D eigenvalue weighted by molar-refractivity contribution is 5.27. The summed E-state index contributed by atoms with van der Waals surface area (Å²) in [6.45, 7) is 5.91. The quantitative estimate of drug-likeness (QED) is 0.785. The summed E-state index contributed by atoms with van der Waals surface area (Å²) >= 11 is 0. The maximum absolute atomic E-state index is 3.39. The molecule has 0 aromatic heterocycles. The molecule has 17 heavy (non-hydrogen) atoms. The Morgan fingerprint density at radius 1 is 1.29 bits per heavy atom. The van der Waals surface area contributed by atoms with E-state index in [0.29, 0.717) is 5.41 Å². The monoisotopic (exact) mass is 231 g/mol. The van der Waals surface area contributed by atoms with Gasteiger partial charge in [-0.15, -0.1) is 0 Å². The third-order valence-electron chi connectivity index (χ3n) is 4.32. The van der Waals surface area contributed by atoms with Gasteiger partial charge in [-0.25, -0.2) is 0 Å². The lowest BCUT2D eigenvalue weighted by Crippen LogP contribution is -2.32. The van der Waals surface area contributed by atoms with E-state index in [4.69, 9.17) is 0 Å². The fourth-order valence-corrected chi connectivity index (χ4v) is 3.41. The van der Waals surface area contributed by atoms with Crippen LogP contribution < -0.4 is 5.32 Å². The first-order valence-corrected chi connectivity index (χ1v) is 6.91. The Morgan fingerprint density at radius 2 is 2.00 bits per heavy atom. The van der Waals surface area contributed by atoms with Gasteiger partial charge in [-0.3, -0.25) is 0 Å². The molecule has 1 aromatic carbocycles. The highest BCUT2D eigenvalue weighted by atomic mass is 14.8. The lowest BCUT2D eigenvalue weighted by Gasteiger charge is -2.30. The number of rotatable bonds is 6. The minimum Gasteiger partial charge on any atom is -0.319 e. The van der Waals surface area contributed by atoms with Crippen LogP contribution in [0.4, 0.5) is 0 Å². The normalized spacial score (nSPS) is 26.5. The van der Waals surface area contributed by atoms with Crippen LogP contribution in [0.5, 0.6) is 0 Å². The van der Waals surface area contributed by atoms with Gasteiger partial charge < -0.3 is 5.32 Å². The Bertz CT molecular complexity index is 338. The van der Waals surface area contributed by atoms with E-state index in [1.54, 1.807) is 0 Å². The second-order valence-corrected chi connectivity index (χ2v) is 5.79. The molecule has 1 saturated carbocycles. The molecule has 0 aliphatic heterocycles. The van der Waals surface area contributed by atoms with Crippen LogP contribution in [0, 0.1) is 11.3 Å². The second-order valence-electron chi connectivity index (χ2n) is 5.79. The van der Waals surface area contributed by atoms with Crippen LogP contribution in [0.2, 0.25) is 0 Å². The van der Waals surface area contributed by atoms with Gasteiger partial charge in [0.05, 0.1) is 0 Å². The van der Waals surface area contributed by atoms with Crippen molar-refractivity contribution in [1.82, 2.24) is 5.32 Å². The van der Waals surface area contributed by atoms with Crippen molar-refractivity contribution in [3.05, 3.63) is 35.9 Å². The number of hydrogen-bond donors (Lipinski definition) is 1. The second kappa shape index (κ2) is 5.22. The predicted octanol–water partition coefficient (Wildman–Crippen LogP) is 3.82. The van der Waals surface area contributed by atoms with E-state index in [1.807, 2.05) is 0 Å². The average molecular weight is 231 g/mol. The van der Waals surface area contributed by atoms with Gasteiger partial charge in [-0.2, -0.15) is 0 Å². The Kier molecular flexibility index (Phi) is 3.88. The molecule has 3 unspecified atom stereocenters. The zero-order valence-electron chi connectivity index (χ0n) is 11.4. The lowest BCUT2D eigenvalue weighted by atomic mass is 9.79. The van der Waals surface area contributed by atoms with Crippen molar-refractivity contribution in [2.24, 2.45) is 11.3 Å². The number of benzene rings is 1. The molecule has 1 fully saturated rings. The molecule has 3 atom stereocenters. The Morgan fingerprint density at radius 3 is 2.59 bits per heavy atom. The summed E-state index contributed by atoms with van der Waals surface area (Å²) in [6.07, 6.45) is 4.00. The number of hydrogen-bond acceptors (Lipinski definition) is 1. The molecule has 1 nitrogen and oxygen atoms in total. The summed E-state index contributed by atoms with van der Waals surface area (Å²) in [4.78, 5) is 0. The Labute approximate surface area is 106 Å². The van der Waals surface area contributed by atoms with Gasteiger partial charge in [-0.1, -0.05) is 50.6 Å². The van der Waals surface area contributed by atoms with Crippen LogP contribution >= 0.6 is 0 Å². The molecular weight excluding hydrogens is 206 g/mol. The summed E-state index contributed by atoms with van der Waals surface area (Å²) in [7, 11) is 2.08. The van der Waals surface area contributed by atoms with Gasteiger partial charge in [0, 0.05) is 6.54 Å². The molecule has 0 heterocycles. The van der Waals surface area contributed by atoms with Gasteiger partial charge in [0.2, 0.25) is 0 Å². The summed E-state index contributed by atoms with van der Waals surface area (Å²) in [5, 5.41) is 3.39. The van der Waals surface area contributed by atoms with Crippen LogP contribution in [-0.4, -0.2) is 13.6 Å². The molecule has 94 valence electrons. The third kappa shape index (κ3) is 2.71. The minimum absolute atomic E-state index is 0.476. The van der Waals surface area contributed by atoms with Crippen molar-refractivity contribution in [1.29, 1.82) is 0 Å². The topological polar surface area (TPSA) is 12.0 Å². The van der Waals surface area contributed by atoms with Gasteiger partial charge in [0.25, 0.3) is 0 Å². The van der Waals surface area contributed by atoms with E-state index in [2.05, 4.69) is 56.5 Å². The van der Waals surface area contributed by atoms with Crippen LogP contribution in [0.15, 0.2) is 30.3 Å². The number of nitrogens with one attached hydrogen (secondary N) is 1. The Hall–Kier alpha value is -0.820. The zero-order valence-corrected chi connectivity index (χ0v) is 11.4. The van der Waals surface area contributed by atoms with Crippen molar-refractivity contribution >= 4 is 0 Å². The fraction of sp³-hybridized carbons (Fsp3) is 0.625. The summed E-state index contributed by atoms with van der Waals surface area (Å²) < 4.78 is 0. The first-order valence-electron chi connectivity index (χ1n) is 6.91. The molecule has 1 N–H and O–H groups in total. The van der Waals surface area contributed by atoms with Crippen molar-refractivity contribution in [2.45, 2.75) is 39.0 Å². The van der Waals surface area contributed by atoms with E-state index in [9.17, 15) is 0 Å². The molecule has 0 spiro atoms. The predicted molar refractivity (Wildman–Crippen MR) is 74.2 cm³/mol. The molecule has 0 radical (unpaired) electrons. The molecule has 0 amide bonds. The van der Waals surface area contributed by atoms with Crippen molar-refractivity contribution in [2.75, 3.05) is 13.6 Å². The van der Waals surface area contributed by atoms with Crippen LogP contribution in [0.25, 0.3) is 0 Å². The molecular formula is C16H25N. The fourth-order valence-electron chi connectivity index (χ4n) is 3.41. The van der Waals surface area contributed by atoms with E-state index in [1.165, 1.54) is 24.8 Å². The van der Waals surface area contributed by atoms with Crippen molar-refractivity contribution in [3.8, 4) is 0 Å². The van der Waals surface area contributed by atoms with E-state index in [-0.39, 0.29) is 0 Å². The highest BCUT2D eigenvalue weighted by Crippen LogP contribution is 2.58. The van der Waals surface area contributed by atoms with Gasteiger partial charge in [0.1, 0.15) is 0 Å². The molecule has 1 aliphatic carbocycles. The average Bonchev–Trinajstić information content (AvgIpc) is 3.11. The van der Waals surface area contributed by atoms with Gasteiger partial charge in [-0.05, 0) is 42.7 Å². The highest BCUT2D eigenvalue weighted by Gasteiger charge is 2.49. The maximum atomic E-state index is 3.39. The van der Waals surface area contributed by atoms with Crippen molar-refractivity contribution in [3.63, 3.8) is 0 Å². The SMILES string of the molecule is CCCC(C)(CNC)C1CC1c1ccccc1. The molecule has 0 saturated heterocycles. The van der Waals surface area contributed by atoms with Crippen LogP contribution in [0.3, 0.4) is 0 Å². The van der Waals surface area contributed by atoms with Crippen LogP contribution in [0.1, 0.15) is 44.6 Å². The first-order chi connectivity index (χ1) is 8.21. The third-order valence-corrected chi connectivity index (χ3v) is 4.32. The van der Waals surface area contributed by atoms with Crippen molar-refractivity contribution < 1.29 is 0 Å². The molecule has 0 bridgehead atoms. The van der Waals surface area contributed by atoms with E-state index in [0.717, 1.165) is 18.4 Å². The molecule has 1 aromatic rings. The standard InChI is InChI=1S/C16H25N/c1-4-10-16(2,12-17-3)15-11-14(15)13-8-6-5-7-9-13/h5-9,14-15,17H,4,10-12H2,1-3H3. The summed E-state index contributed by atoms with van der Waals surface area (Å²) in [6, 6.07) is 11.0. The smallest absolute Gasteiger partial charge is 0.000503 e. The molecule has 2 rings (SSSR count). The van der Waals surface area contributed by atoms with Crippen LogP contribution in [-0.2, 0) is 0 Å². The Balaban J connectivity index is 2.05. The van der Waals surface area contributed by atoms with E-state index >= 15 is 0 Å². The summed E-state index contributed by atoms with van der Waals surface area (Å²) in [5.74, 6) is 1.68. The van der Waals surface area contributed by atoms with E-state index < -0.39 is 0 Å². The zero-order chi connectivity index (χ0) is 12.3. The largest absolute Gasteiger partial charge is 0.319 e. The van der Waals surface area contributed by atoms with Gasteiger partial charge in [0.15, 0.2) is 0 Å². The molecule has 1 heteroatoms. The van der Waals surface area contributed by atoms with Gasteiger partial charge >= 0.3 is 0 Å². The first kappa shape index (κ1) is 12.6. The lowest BCUT2D eigenvalue weighted by molar-refractivity contribution is 0.236. The summed E-state index contributed by atoms with van der Waals surface area (Å²) in [5.41, 5.74) is 2.01. The molecule has 1 aliphatic rings. The minimum atomic E-state index is 0.476. The maximum Gasteiger partial charge on any atom is 0.000503 e.